The lowest BCUT2D eigenvalue weighted by Crippen LogP contribution is -2.63. The van der Waals surface area contributed by atoms with Gasteiger partial charge in [-0.1, -0.05) is 0 Å². The van der Waals surface area contributed by atoms with Crippen LogP contribution in [0.25, 0.3) is 10.9 Å². The van der Waals surface area contributed by atoms with Crippen molar-refractivity contribution in [2.24, 2.45) is 7.05 Å². The molecule has 1 aliphatic heterocycles. The lowest BCUT2D eigenvalue weighted by Gasteiger charge is -2.46. The van der Waals surface area contributed by atoms with Gasteiger partial charge in [-0.25, -0.2) is 4.98 Å². The summed E-state index contributed by atoms with van der Waals surface area (Å²) in [4.78, 5) is 34.6. The Balaban J connectivity index is 1.56. The van der Waals surface area contributed by atoms with E-state index in [9.17, 15) is 9.59 Å². The van der Waals surface area contributed by atoms with E-state index < -0.39 is 5.54 Å². The van der Waals surface area contributed by atoms with Crippen LogP contribution in [0.1, 0.15) is 26.2 Å². The highest BCUT2D eigenvalue weighted by Gasteiger charge is 2.46. The standard InChI is InChI=1S/C24H32N6O2/c1-19(31)30(12-4-11-29-16-10-25-18-29)24(8-14-27(2)15-9-24)23(32)26-21-5-6-22-20(17-21)7-13-28(22)3/h5-7,10,13,16-18H,4,8-9,11-12,14-15H2,1-3H3,(H,26,32). The molecule has 1 aromatic carbocycles. The van der Waals surface area contributed by atoms with Crippen LogP contribution in [-0.4, -0.2) is 68.0 Å². The van der Waals surface area contributed by atoms with Crippen molar-refractivity contribution in [3.05, 3.63) is 49.2 Å². The maximum atomic E-state index is 13.7. The number of aryl methyl sites for hydroxylation is 2. The molecule has 0 aliphatic carbocycles. The van der Waals surface area contributed by atoms with Crippen molar-refractivity contribution >= 4 is 28.4 Å². The normalized spacial score (nSPS) is 16.2. The Morgan fingerprint density at radius 1 is 1.16 bits per heavy atom. The molecule has 1 aliphatic rings. The Bertz CT molecular complexity index is 1080. The van der Waals surface area contributed by atoms with Crippen LogP contribution in [-0.2, 0) is 23.2 Å². The molecule has 0 atom stereocenters. The Morgan fingerprint density at radius 3 is 2.62 bits per heavy atom. The van der Waals surface area contributed by atoms with Crippen LogP contribution >= 0.6 is 0 Å². The van der Waals surface area contributed by atoms with E-state index in [1.54, 1.807) is 24.3 Å². The molecule has 1 saturated heterocycles. The summed E-state index contributed by atoms with van der Waals surface area (Å²) in [7, 11) is 4.06. The molecule has 0 radical (unpaired) electrons. The second-order valence-corrected chi connectivity index (χ2v) is 8.81. The molecule has 8 nitrogen and oxygen atoms in total. The van der Waals surface area contributed by atoms with Gasteiger partial charge in [0.25, 0.3) is 0 Å². The Kier molecular flexibility index (Phi) is 6.32. The van der Waals surface area contributed by atoms with Crippen molar-refractivity contribution in [1.82, 2.24) is 23.9 Å². The van der Waals surface area contributed by atoms with Gasteiger partial charge >= 0.3 is 0 Å². The number of fused-ring (bicyclic) bond motifs is 1. The molecule has 1 fully saturated rings. The number of imidazole rings is 1. The van der Waals surface area contributed by atoms with Crippen molar-refractivity contribution < 1.29 is 9.59 Å². The van der Waals surface area contributed by atoms with Crippen molar-refractivity contribution in [1.29, 1.82) is 0 Å². The summed E-state index contributed by atoms with van der Waals surface area (Å²) in [6.45, 7) is 4.40. The van der Waals surface area contributed by atoms with E-state index in [0.29, 0.717) is 19.4 Å². The van der Waals surface area contributed by atoms with E-state index in [-0.39, 0.29) is 11.8 Å². The maximum absolute atomic E-state index is 13.7. The number of amides is 2. The number of rotatable bonds is 7. The number of hydrogen-bond acceptors (Lipinski definition) is 4. The van der Waals surface area contributed by atoms with Gasteiger partial charge in [-0.15, -0.1) is 0 Å². The van der Waals surface area contributed by atoms with Gasteiger partial charge in [-0.3, -0.25) is 9.59 Å². The summed E-state index contributed by atoms with van der Waals surface area (Å²) < 4.78 is 4.05. The average Bonchev–Trinajstić information content (AvgIpc) is 3.42. The van der Waals surface area contributed by atoms with E-state index in [1.807, 2.05) is 48.3 Å². The lowest BCUT2D eigenvalue weighted by molar-refractivity contribution is -0.147. The molecular formula is C24H32N6O2. The third kappa shape index (κ3) is 4.41. The molecule has 0 unspecified atom stereocenters. The van der Waals surface area contributed by atoms with Crippen molar-refractivity contribution in [3.63, 3.8) is 0 Å². The number of benzene rings is 1. The molecule has 1 N–H and O–H groups in total. The third-order valence-corrected chi connectivity index (χ3v) is 6.63. The first-order chi connectivity index (χ1) is 15.4. The molecule has 0 spiro atoms. The van der Waals surface area contributed by atoms with E-state index >= 15 is 0 Å². The monoisotopic (exact) mass is 436 g/mol. The molecule has 4 rings (SSSR count). The number of likely N-dealkylation sites (tertiary alicyclic amines) is 1. The zero-order valence-electron chi connectivity index (χ0n) is 19.1. The number of hydrogen-bond donors (Lipinski definition) is 1. The van der Waals surface area contributed by atoms with Gasteiger partial charge in [0.15, 0.2) is 0 Å². The second kappa shape index (κ2) is 9.16. The SMILES string of the molecule is CC(=O)N(CCCn1ccnc1)C1(C(=O)Nc2ccc3c(ccn3C)c2)CCN(C)CC1. The van der Waals surface area contributed by atoms with Gasteiger partial charge in [0.05, 0.1) is 6.33 Å². The predicted octanol–water partition coefficient (Wildman–Crippen LogP) is 2.72. The molecule has 2 aromatic heterocycles. The molecule has 3 heterocycles. The number of aromatic nitrogens is 3. The molecular weight excluding hydrogens is 404 g/mol. The topological polar surface area (TPSA) is 75.4 Å². The fourth-order valence-electron chi connectivity index (χ4n) is 4.72. The van der Waals surface area contributed by atoms with Gasteiger partial charge in [0.2, 0.25) is 11.8 Å². The van der Waals surface area contributed by atoms with Gasteiger partial charge in [0.1, 0.15) is 5.54 Å². The van der Waals surface area contributed by atoms with Crippen molar-refractivity contribution in [3.8, 4) is 0 Å². The van der Waals surface area contributed by atoms with Crippen LogP contribution in [0.2, 0.25) is 0 Å². The molecule has 0 bridgehead atoms. The summed E-state index contributed by atoms with van der Waals surface area (Å²) in [5.74, 6) is -0.160. The highest BCUT2D eigenvalue weighted by atomic mass is 16.2. The smallest absolute Gasteiger partial charge is 0.250 e. The number of nitrogens with one attached hydrogen (secondary N) is 1. The highest BCUT2D eigenvalue weighted by molar-refractivity contribution is 6.01. The fraction of sp³-hybridized carbons (Fsp3) is 0.458. The van der Waals surface area contributed by atoms with E-state index in [4.69, 9.17) is 0 Å². The number of carbonyl (C=O) groups excluding carboxylic acids is 2. The molecule has 2 amide bonds. The maximum Gasteiger partial charge on any atom is 0.250 e. The number of nitrogens with zero attached hydrogens (tertiary/aromatic N) is 5. The zero-order chi connectivity index (χ0) is 22.7. The van der Waals surface area contributed by atoms with Crippen LogP contribution < -0.4 is 5.32 Å². The predicted molar refractivity (Wildman–Crippen MR) is 125 cm³/mol. The summed E-state index contributed by atoms with van der Waals surface area (Å²) in [5, 5.41) is 4.21. The zero-order valence-corrected chi connectivity index (χ0v) is 19.1. The van der Waals surface area contributed by atoms with Gasteiger partial charge in [0, 0.05) is 75.3 Å². The average molecular weight is 437 g/mol. The molecule has 0 saturated carbocycles. The van der Waals surface area contributed by atoms with Crippen LogP contribution in [0, 0.1) is 0 Å². The summed E-state index contributed by atoms with van der Waals surface area (Å²) >= 11 is 0. The van der Waals surface area contributed by atoms with Crippen LogP contribution in [0.5, 0.6) is 0 Å². The van der Waals surface area contributed by atoms with E-state index in [2.05, 4.69) is 26.8 Å². The minimum Gasteiger partial charge on any atom is -0.351 e. The molecule has 3 aromatic rings. The van der Waals surface area contributed by atoms with Gasteiger partial charge in [-0.05, 0) is 50.6 Å². The van der Waals surface area contributed by atoms with Crippen molar-refractivity contribution in [2.45, 2.75) is 38.3 Å². The Hall–Kier alpha value is -3.13. The van der Waals surface area contributed by atoms with Crippen LogP contribution in [0.3, 0.4) is 0 Å². The van der Waals surface area contributed by atoms with Crippen LogP contribution in [0.15, 0.2) is 49.2 Å². The summed E-state index contributed by atoms with van der Waals surface area (Å²) in [6, 6.07) is 7.97. The summed E-state index contributed by atoms with van der Waals surface area (Å²) in [6.07, 6.45) is 9.44. The minimum atomic E-state index is -0.848. The first-order valence-corrected chi connectivity index (χ1v) is 11.2. The fourth-order valence-corrected chi connectivity index (χ4v) is 4.72. The lowest BCUT2D eigenvalue weighted by atomic mass is 9.84. The third-order valence-electron chi connectivity index (χ3n) is 6.63. The van der Waals surface area contributed by atoms with E-state index in [0.717, 1.165) is 42.6 Å². The minimum absolute atomic E-state index is 0.0613. The quantitative estimate of drug-likeness (QED) is 0.618. The first kappa shape index (κ1) is 22.1. The Labute approximate surface area is 188 Å². The van der Waals surface area contributed by atoms with E-state index in [1.165, 1.54) is 0 Å². The molecule has 32 heavy (non-hydrogen) atoms. The first-order valence-electron chi connectivity index (χ1n) is 11.2. The van der Waals surface area contributed by atoms with Crippen molar-refractivity contribution in [2.75, 3.05) is 32.0 Å². The summed E-state index contributed by atoms with van der Waals surface area (Å²) in [5.41, 5.74) is 1.02. The number of carbonyl (C=O) groups is 2. The van der Waals surface area contributed by atoms with Gasteiger partial charge < -0.3 is 24.3 Å². The Morgan fingerprint density at radius 2 is 1.94 bits per heavy atom. The van der Waals surface area contributed by atoms with Crippen LogP contribution in [0.4, 0.5) is 5.69 Å². The molecule has 8 heteroatoms. The largest absolute Gasteiger partial charge is 0.351 e. The molecule has 170 valence electrons. The second-order valence-electron chi connectivity index (χ2n) is 8.81. The number of anilines is 1. The highest BCUT2D eigenvalue weighted by Crippen LogP contribution is 2.31. The van der Waals surface area contributed by atoms with Gasteiger partial charge in [-0.2, -0.15) is 0 Å². The number of piperidine rings is 1.